The summed E-state index contributed by atoms with van der Waals surface area (Å²) in [6.07, 6.45) is 35.8. The highest BCUT2D eigenvalue weighted by atomic mass is 16.6. The highest BCUT2D eigenvalue weighted by Gasteiger charge is 2.13. The van der Waals surface area contributed by atoms with Crippen LogP contribution in [0.3, 0.4) is 0 Å². The molecular weight excluding hydrogens is 484 g/mol. The monoisotopic (exact) mass is 555 g/mol. The zero-order valence-corrected chi connectivity index (χ0v) is 26.7. The van der Waals surface area contributed by atoms with Crippen LogP contribution in [0.15, 0.2) is 0 Å². The Balaban J connectivity index is 3.33. The average Bonchev–Trinajstić information content (AvgIpc) is 2.94. The predicted molar refractivity (Wildman–Crippen MR) is 168 cm³/mol. The van der Waals surface area contributed by atoms with E-state index in [-0.39, 0.29) is 12.6 Å². The molecule has 0 aromatic carbocycles. The van der Waals surface area contributed by atoms with Gasteiger partial charge in [-0.3, -0.25) is 4.79 Å². The lowest BCUT2D eigenvalue weighted by Gasteiger charge is -2.15. The van der Waals surface area contributed by atoms with Gasteiger partial charge < -0.3 is 14.6 Å². The van der Waals surface area contributed by atoms with Gasteiger partial charge in [0.1, 0.15) is 6.10 Å². The van der Waals surface area contributed by atoms with Gasteiger partial charge in [0, 0.05) is 13.0 Å². The molecule has 0 rings (SSSR count). The average molecular weight is 555 g/mol. The summed E-state index contributed by atoms with van der Waals surface area (Å²) < 4.78 is 11.0. The van der Waals surface area contributed by atoms with Crippen LogP contribution in [0.2, 0.25) is 0 Å². The van der Waals surface area contributed by atoms with Crippen molar-refractivity contribution in [3.63, 3.8) is 0 Å². The maximum Gasteiger partial charge on any atom is 0.306 e. The Kier molecular flexibility index (Phi) is 33.1. The second-order valence-corrected chi connectivity index (χ2v) is 12.0. The maximum atomic E-state index is 12.1. The summed E-state index contributed by atoms with van der Waals surface area (Å²) in [5.41, 5.74) is 0. The Labute approximate surface area is 244 Å². The van der Waals surface area contributed by atoms with Gasteiger partial charge in [-0.05, 0) is 12.8 Å². The Morgan fingerprint density at radius 1 is 0.513 bits per heavy atom. The van der Waals surface area contributed by atoms with Crippen LogP contribution in [0.1, 0.15) is 194 Å². The molecule has 4 heteroatoms. The van der Waals surface area contributed by atoms with Crippen molar-refractivity contribution in [2.24, 2.45) is 0 Å². The van der Waals surface area contributed by atoms with Gasteiger partial charge in [0.05, 0.1) is 13.2 Å². The predicted octanol–water partition coefficient (Wildman–Crippen LogP) is 10.9. The van der Waals surface area contributed by atoms with Gasteiger partial charge in [0.2, 0.25) is 0 Å². The summed E-state index contributed by atoms with van der Waals surface area (Å²) in [5.74, 6) is -0.198. The Bertz CT molecular complexity index is 468. The third kappa shape index (κ3) is 31.8. The van der Waals surface area contributed by atoms with Crippen LogP contribution in [0.25, 0.3) is 0 Å². The second kappa shape index (κ2) is 33.6. The van der Waals surface area contributed by atoms with Gasteiger partial charge in [-0.25, -0.2) is 0 Å². The number of hydrogen-bond donors (Lipinski definition) is 1. The molecule has 1 unspecified atom stereocenters. The topological polar surface area (TPSA) is 55.8 Å². The molecule has 0 saturated heterocycles. The molecule has 4 nitrogen and oxygen atoms in total. The molecule has 0 spiro atoms. The largest absolute Gasteiger partial charge is 0.457 e. The minimum absolute atomic E-state index is 0.165. The molecule has 0 radical (unpaired) electrons. The molecule has 0 fully saturated rings. The van der Waals surface area contributed by atoms with Crippen molar-refractivity contribution in [1.82, 2.24) is 0 Å². The minimum atomic E-state index is -0.521. The summed E-state index contributed by atoms with van der Waals surface area (Å²) in [7, 11) is 0. The molecule has 1 N–H and O–H groups in total. The molecular formula is C35H70O4. The first-order valence-electron chi connectivity index (χ1n) is 17.6. The first-order valence-corrected chi connectivity index (χ1v) is 17.6. The quantitative estimate of drug-likeness (QED) is 0.0647. The molecule has 0 amide bonds. The zero-order valence-electron chi connectivity index (χ0n) is 26.7. The highest BCUT2D eigenvalue weighted by molar-refractivity contribution is 5.69. The van der Waals surface area contributed by atoms with Gasteiger partial charge in [-0.2, -0.15) is 0 Å². The first kappa shape index (κ1) is 38.4. The molecule has 0 saturated carbocycles. The fraction of sp³-hybridized carbons (Fsp3) is 0.971. The van der Waals surface area contributed by atoms with Crippen LogP contribution in [-0.4, -0.2) is 37.0 Å². The molecule has 1 atom stereocenters. The van der Waals surface area contributed by atoms with E-state index in [1.165, 1.54) is 154 Å². The number of aliphatic hydroxyl groups is 1. The van der Waals surface area contributed by atoms with Crippen molar-refractivity contribution in [3.05, 3.63) is 0 Å². The van der Waals surface area contributed by atoms with Crippen molar-refractivity contribution in [2.75, 3.05) is 19.8 Å². The zero-order chi connectivity index (χ0) is 28.5. The van der Waals surface area contributed by atoms with E-state index in [4.69, 9.17) is 9.47 Å². The fourth-order valence-corrected chi connectivity index (χ4v) is 5.27. The van der Waals surface area contributed by atoms with Crippen LogP contribution >= 0.6 is 0 Å². The number of rotatable bonds is 33. The van der Waals surface area contributed by atoms with Crippen LogP contribution in [0.5, 0.6) is 0 Å². The summed E-state index contributed by atoms with van der Waals surface area (Å²) in [6, 6.07) is 0. The van der Waals surface area contributed by atoms with Gasteiger partial charge in [-0.15, -0.1) is 0 Å². The Hall–Kier alpha value is -0.610. The van der Waals surface area contributed by atoms with Crippen LogP contribution < -0.4 is 0 Å². The molecule has 0 heterocycles. The van der Waals surface area contributed by atoms with Crippen molar-refractivity contribution in [2.45, 2.75) is 200 Å². The minimum Gasteiger partial charge on any atom is -0.457 e. The number of hydrogen-bond acceptors (Lipinski definition) is 4. The summed E-state index contributed by atoms with van der Waals surface area (Å²) in [4.78, 5) is 12.1. The Morgan fingerprint density at radius 2 is 0.846 bits per heavy atom. The summed E-state index contributed by atoms with van der Waals surface area (Å²) in [5, 5.41) is 9.48. The van der Waals surface area contributed by atoms with E-state index in [9.17, 15) is 9.90 Å². The van der Waals surface area contributed by atoms with Gasteiger partial charge in [0.15, 0.2) is 0 Å². The lowest BCUT2D eigenvalue weighted by Crippen LogP contribution is -2.27. The van der Waals surface area contributed by atoms with Crippen molar-refractivity contribution in [1.29, 1.82) is 0 Å². The fourth-order valence-electron chi connectivity index (χ4n) is 5.27. The van der Waals surface area contributed by atoms with Gasteiger partial charge in [0.25, 0.3) is 0 Å². The summed E-state index contributed by atoms with van der Waals surface area (Å²) in [6.45, 7) is 5.35. The second-order valence-electron chi connectivity index (χ2n) is 12.0. The Morgan fingerprint density at radius 3 is 1.21 bits per heavy atom. The van der Waals surface area contributed by atoms with Gasteiger partial charge >= 0.3 is 5.97 Å². The standard InChI is InChI=1S/C35H70O4/c1-3-5-7-9-11-12-13-14-15-16-17-18-19-20-21-22-23-24-26-28-30-35(37)39-34(32-36)33-38-31-29-27-25-10-8-6-4-2/h34,36H,3-33H2,1-2H3. The third-order valence-corrected chi connectivity index (χ3v) is 7.93. The van der Waals surface area contributed by atoms with Crippen molar-refractivity contribution >= 4 is 5.97 Å². The van der Waals surface area contributed by atoms with E-state index in [1.807, 2.05) is 0 Å². The van der Waals surface area contributed by atoms with E-state index < -0.39 is 6.10 Å². The molecule has 234 valence electrons. The summed E-state index contributed by atoms with van der Waals surface area (Å²) >= 11 is 0. The van der Waals surface area contributed by atoms with E-state index in [2.05, 4.69) is 13.8 Å². The molecule has 39 heavy (non-hydrogen) atoms. The maximum absolute atomic E-state index is 12.1. The smallest absolute Gasteiger partial charge is 0.306 e. The third-order valence-electron chi connectivity index (χ3n) is 7.93. The van der Waals surface area contributed by atoms with Gasteiger partial charge in [-0.1, -0.05) is 174 Å². The number of unbranched alkanes of at least 4 members (excludes halogenated alkanes) is 25. The van der Waals surface area contributed by atoms with E-state index >= 15 is 0 Å². The lowest BCUT2D eigenvalue weighted by atomic mass is 10.0. The molecule has 0 bridgehead atoms. The van der Waals surface area contributed by atoms with E-state index in [1.54, 1.807) is 0 Å². The van der Waals surface area contributed by atoms with Crippen molar-refractivity contribution < 1.29 is 19.4 Å². The molecule has 0 aromatic heterocycles. The first-order chi connectivity index (χ1) is 19.2. The van der Waals surface area contributed by atoms with Crippen LogP contribution in [-0.2, 0) is 14.3 Å². The number of aliphatic hydroxyl groups excluding tert-OH is 1. The molecule has 0 aliphatic rings. The SMILES string of the molecule is CCCCCCCCCCCCCCCCCCCCCCC(=O)OC(CO)COCCCCCCCCC. The van der Waals surface area contributed by atoms with Crippen LogP contribution in [0.4, 0.5) is 0 Å². The van der Waals surface area contributed by atoms with Crippen LogP contribution in [0, 0.1) is 0 Å². The molecule has 0 aromatic rings. The van der Waals surface area contributed by atoms with Crippen molar-refractivity contribution in [3.8, 4) is 0 Å². The number of esters is 1. The highest BCUT2D eigenvalue weighted by Crippen LogP contribution is 2.15. The normalized spacial score (nSPS) is 12.2. The number of carbonyl (C=O) groups excluding carboxylic acids is 1. The van der Waals surface area contributed by atoms with E-state index in [0.29, 0.717) is 19.6 Å². The number of ether oxygens (including phenoxy) is 2. The van der Waals surface area contributed by atoms with E-state index in [0.717, 1.165) is 19.3 Å². The lowest BCUT2D eigenvalue weighted by molar-refractivity contribution is -0.154. The number of carbonyl (C=O) groups is 1. The molecule has 0 aliphatic heterocycles. The molecule has 0 aliphatic carbocycles.